The molecule has 1 aliphatic rings. The normalized spacial score (nSPS) is 16.6. The number of aliphatic imine (C=N–C) groups is 1. The molecule has 1 aliphatic heterocycles. The Morgan fingerprint density at radius 3 is 2.89 bits per heavy atom. The zero-order valence-electron chi connectivity index (χ0n) is 19.2. The third-order valence-corrected chi connectivity index (χ3v) is 5.55. The largest absolute Gasteiger partial charge is 0.404 e. The van der Waals surface area contributed by atoms with E-state index in [1.54, 1.807) is 43.3 Å². The molecule has 4 rings (SSSR count). The van der Waals surface area contributed by atoms with Crippen LogP contribution >= 0.6 is 11.6 Å². The topological polar surface area (TPSA) is 124 Å². The van der Waals surface area contributed by atoms with Crippen molar-refractivity contribution in [3.63, 3.8) is 0 Å². The van der Waals surface area contributed by atoms with Gasteiger partial charge >= 0.3 is 0 Å². The van der Waals surface area contributed by atoms with Crippen LogP contribution in [0, 0.1) is 5.82 Å². The van der Waals surface area contributed by atoms with E-state index in [-0.39, 0.29) is 28.2 Å². The average Bonchev–Trinajstić information content (AvgIpc) is 3.26. The monoisotopic (exact) mass is 498 g/mol. The lowest BCUT2D eigenvalue weighted by atomic mass is 10.1. The maximum atomic E-state index is 14.7. The van der Waals surface area contributed by atoms with Gasteiger partial charge in [0.15, 0.2) is 5.82 Å². The van der Waals surface area contributed by atoms with Crippen LogP contribution in [0.1, 0.15) is 10.5 Å². The van der Waals surface area contributed by atoms with Crippen LogP contribution in [0.15, 0.2) is 53.4 Å². The van der Waals surface area contributed by atoms with Crippen molar-refractivity contribution in [3.05, 3.63) is 65.0 Å². The van der Waals surface area contributed by atoms with E-state index < -0.39 is 11.7 Å². The second-order valence-electron chi connectivity index (χ2n) is 7.78. The zero-order valence-corrected chi connectivity index (χ0v) is 19.9. The number of halogens is 2. The molecule has 1 amide bonds. The smallest absolute Gasteiger partial charge is 0.274 e. The number of nitrogens with one attached hydrogen (secondary N) is 1. The molecule has 0 saturated carbocycles. The molecule has 10 nitrogen and oxygen atoms in total. The number of hydrogen-bond acceptors (Lipinski definition) is 8. The van der Waals surface area contributed by atoms with Crippen LogP contribution in [0.25, 0.3) is 11.4 Å². The van der Waals surface area contributed by atoms with Gasteiger partial charge in [-0.3, -0.25) is 14.5 Å². The highest BCUT2D eigenvalue weighted by Crippen LogP contribution is 2.27. The molecule has 12 heteroatoms. The number of amides is 1. The van der Waals surface area contributed by atoms with E-state index in [4.69, 9.17) is 22.1 Å². The fraction of sp³-hybridized carbons (Fsp3) is 0.261. The highest BCUT2D eigenvalue weighted by atomic mass is 35.5. The molecule has 0 radical (unpaired) electrons. The van der Waals surface area contributed by atoms with Crippen LogP contribution in [0.3, 0.4) is 0 Å². The van der Waals surface area contributed by atoms with E-state index in [9.17, 15) is 9.18 Å². The second kappa shape index (κ2) is 10.6. The fourth-order valence-electron chi connectivity index (χ4n) is 3.63. The molecule has 1 fully saturated rings. The summed E-state index contributed by atoms with van der Waals surface area (Å²) < 4.78 is 22.2. The third-order valence-electron chi connectivity index (χ3n) is 5.31. The Balaban J connectivity index is 1.72. The van der Waals surface area contributed by atoms with Crippen molar-refractivity contribution in [2.45, 2.75) is 6.10 Å². The number of rotatable bonds is 6. The molecule has 3 N–H and O–H groups in total. The number of hydrogen-bond donors (Lipinski definition) is 2. The summed E-state index contributed by atoms with van der Waals surface area (Å²) in [5.41, 5.74) is 7.15. The Morgan fingerprint density at radius 1 is 1.37 bits per heavy atom. The Labute approximate surface area is 206 Å². The van der Waals surface area contributed by atoms with Crippen molar-refractivity contribution in [3.8, 4) is 11.4 Å². The molecule has 1 atom stereocenters. The molecule has 0 spiro atoms. The van der Waals surface area contributed by atoms with Crippen molar-refractivity contribution in [2.24, 2.45) is 17.8 Å². The van der Waals surface area contributed by atoms with Crippen LogP contribution in [0.5, 0.6) is 0 Å². The Kier molecular flexibility index (Phi) is 7.37. The summed E-state index contributed by atoms with van der Waals surface area (Å²) in [7, 11) is 3.39. The van der Waals surface area contributed by atoms with Gasteiger partial charge in [0, 0.05) is 62.5 Å². The number of carbonyl (C=O) groups is 1. The first kappa shape index (κ1) is 24.3. The quantitative estimate of drug-likeness (QED) is 0.501. The summed E-state index contributed by atoms with van der Waals surface area (Å²) in [6.07, 6.45) is 5.90. The van der Waals surface area contributed by atoms with Gasteiger partial charge in [0.05, 0.1) is 24.1 Å². The first-order chi connectivity index (χ1) is 16.9. The SMILES string of the molecule is CN=C/C(=C\N)C1CN(c2cc(C(=O)Nc3cnn(C)c3)nc(-c3ccc(Cl)cc3F)n2)CCO1. The van der Waals surface area contributed by atoms with Crippen LogP contribution < -0.4 is 16.0 Å². The average molecular weight is 499 g/mol. The number of nitrogens with two attached hydrogens (primary N) is 1. The number of ether oxygens (including phenoxy) is 1. The predicted octanol–water partition coefficient (Wildman–Crippen LogP) is 2.67. The molecular formula is C23H24ClFN8O2. The minimum Gasteiger partial charge on any atom is -0.404 e. The number of aryl methyl sites for hydroxylation is 1. The first-order valence-corrected chi connectivity index (χ1v) is 11.1. The van der Waals surface area contributed by atoms with Crippen LogP contribution in [0.4, 0.5) is 15.9 Å². The van der Waals surface area contributed by atoms with Gasteiger partial charge in [-0.1, -0.05) is 11.6 Å². The second-order valence-corrected chi connectivity index (χ2v) is 8.21. The lowest BCUT2D eigenvalue weighted by Crippen LogP contribution is -2.44. The van der Waals surface area contributed by atoms with Gasteiger partial charge in [-0.2, -0.15) is 5.10 Å². The van der Waals surface area contributed by atoms with Gasteiger partial charge in [-0.05, 0) is 18.2 Å². The summed E-state index contributed by atoms with van der Waals surface area (Å²) in [4.78, 5) is 27.9. The fourth-order valence-corrected chi connectivity index (χ4v) is 3.79. The van der Waals surface area contributed by atoms with Gasteiger partial charge in [0.1, 0.15) is 23.4 Å². The minimum absolute atomic E-state index is 0.0563. The molecule has 35 heavy (non-hydrogen) atoms. The summed E-state index contributed by atoms with van der Waals surface area (Å²) in [5.74, 6) is -0.581. The van der Waals surface area contributed by atoms with E-state index in [2.05, 4.69) is 25.4 Å². The van der Waals surface area contributed by atoms with E-state index in [0.29, 0.717) is 36.8 Å². The molecule has 1 saturated heterocycles. The zero-order chi connectivity index (χ0) is 24.9. The molecular weight excluding hydrogens is 475 g/mol. The van der Waals surface area contributed by atoms with Crippen molar-refractivity contribution >= 4 is 35.2 Å². The van der Waals surface area contributed by atoms with E-state index in [1.165, 1.54) is 24.5 Å². The molecule has 1 unspecified atom stereocenters. The highest BCUT2D eigenvalue weighted by molar-refractivity contribution is 6.30. The molecule has 0 aliphatic carbocycles. The molecule has 3 aromatic rings. The number of benzene rings is 1. The maximum absolute atomic E-state index is 14.7. The maximum Gasteiger partial charge on any atom is 0.274 e. The standard InChI is InChI=1S/C23H24ClFN8O2/c1-27-10-14(9-26)20-13-33(5-6-35-20)21-8-19(23(34)29-16-11-28-32(2)12-16)30-22(31-21)17-4-3-15(24)7-18(17)25/h3-4,7-12,20H,5-6,13,26H2,1-2H3,(H,29,34)/b14-9+,27-10?. The van der Waals surface area contributed by atoms with Crippen molar-refractivity contribution in [1.82, 2.24) is 19.7 Å². The summed E-state index contributed by atoms with van der Waals surface area (Å²) in [6, 6.07) is 5.76. The van der Waals surface area contributed by atoms with E-state index >= 15 is 0 Å². The Morgan fingerprint density at radius 2 is 2.20 bits per heavy atom. The van der Waals surface area contributed by atoms with E-state index in [1.807, 2.05) is 4.90 Å². The number of carbonyl (C=O) groups excluding carboxylic acids is 1. The van der Waals surface area contributed by atoms with Gasteiger partial charge in [-0.25, -0.2) is 14.4 Å². The van der Waals surface area contributed by atoms with Gasteiger partial charge in [0.2, 0.25) is 0 Å². The van der Waals surface area contributed by atoms with Crippen LogP contribution in [0.2, 0.25) is 5.02 Å². The third kappa shape index (κ3) is 5.64. The van der Waals surface area contributed by atoms with Gasteiger partial charge < -0.3 is 20.7 Å². The molecule has 3 heterocycles. The molecule has 1 aromatic carbocycles. The molecule has 2 aromatic heterocycles. The van der Waals surface area contributed by atoms with Gasteiger partial charge in [0.25, 0.3) is 5.91 Å². The predicted molar refractivity (Wildman–Crippen MR) is 132 cm³/mol. The van der Waals surface area contributed by atoms with Crippen LogP contribution in [-0.2, 0) is 11.8 Å². The molecule has 0 bridgehead atoms. The number of anilines is 2. The highest BCUT2D eigenvalue weighted by Gasteiger charge is 2.26. The van der Waals surface area contributed by atoms with Gasteiger partial charge in [-0.15, -0.1) is 0 Å². The number of aromatic nitrogens is 4. The number of nitrogens with zero attached hydrogens (tertiary/aromatic N) is 6. The summed E-state index contributed by atoms with van der Waals surface area (Å²) in [6.45, 7) is 1.30. The number of morpholine rings is 1. The van der Waals surface area contributed by atoms with E-state index in [0.717, 1.165) is 0 Å². The first-order valence-electron chi connectivity index (χ1n) is 10.7. The minimum atomic E-state index is -0.597. The Hall–Kier alpha value is -3.83. The van der Waals surface area contributed by atoms with Crippen molar-refractivity contribution in [2.75, 3.05) is 37.0 Å². The van der Waals surface area contributed by atoms with Crippen molar-refractivity contribution < 1.29 is 13.9 Å². The summed E-state index contributed by atoms with van der Waals surface area (Å²) >= 11 is 5.92. The van der Waals surface area contributed by atoms with Crippen molar-refractivity contribution in [1.29, 1.82) is 0 Å². The lowest BCUT2D eigenvalue weighted by Gasteiger charge is -2.34. The Bertz CT molecular complexity index is 1290. The lowest BCUT2D eigenvalue weighted by molar-refractivity contribution is 0.0676. The molecule has 182 valence electrons. The van der Waals surface area contributed by atoms with Crippen LogP contribution in [-0.4, -0.2) is 64.7 Å². The summed E-state index contributed by atoms with van der Waals surface area (Å²) in [5, 5.41) is 7.04.